The number of rotatable bonds is 4. The summed E-state index contributed by atoms with van der Waals surface area (Å²) in [7, 11) is 0. The van der Waals surface area contributed by atoms with E-state index in [9.17, 15) is 9.18 Å². The van der Waals surface area contributed by atoms with Crippen LogP contribution in [-0.2, 0) is 13.0 Å². The average Bonchev–Trinajstić information content (AvgIpc) is 3.23. The first-order valence-electron chi connectivity index (χ1n) is 9.30. The highest BCUT2D eigenvalue weighted by Crippen LogP contribution is 2.28. The molecule has 3 heterocycles. The van der Waals surface area contributed by atoms with Crippen molar-refractivity contribution in [1.82, 2.24) is 20.3 Å². The van der Waals surface area contributed by atoms with Crippen molar-refractivity contribution < 1.29 is 9.18 Å². The normalized spacial score (nSPS) is 19.1. The minimum atomic E-state index is -0.293. The number of pyridine rings is 1. The molecule has 1 aromatic carbocycles. The Kier molecular flexibility index (Phi) is 4.81. The number of H-pyrrole nitrogens is 1. The summed E-state index contributed by atoms with van der Waals surface area (Å²) in [5, 5.41) is 9.96. The lowest BCUT2D eigenvalue weighted by Crippen LogP contribution is -2.41. The van der Waals surface area contributed by atoms with E-state index < -0.39 is 0 Å². The summed E-state index contributed by atoms with van der Waals surface area (Å²) in [6, 6.07) is 9.75. The number of nitrogens with one attached hydrogen (secondary N) is 2. The van der Waals surface area contributed by atoms with Crippen LogP contribution in [0.15, 0.2) is 53.9 Å². The molecule has 4 rings (SSSR count). The molecule has 2 aromatic heterocycles. The summed E-state index contributed by atoms with van der Waals surface area (Å²) in [5.41, 5.74) is 3.81. The van der Waals surface area contributed by atoms with Crippen LogP contribution in [-0.4, -0.2) is 32.8 Å². The fourth-order valence-corrected chi connectivity index (χ4v) is 3.68. The number of fused-ring (bicyclic) bond motifs is 1. The van der Waals surface area contributed by atoms with E-state index in [1.54, 1.807) is 18.3 Å². The minimum absolute atomic E-state index is 0.0603. The minimum Gasteiger partial charge on any atom is -0.346 e. The van der Waals surface area contributed by atoms with E-state index in [0.717, 1.165) is 28.7 Å². The summed E-state index contributed by atoms with van der Waals surface area (Å²) >= 11 is 0. The number of carbonyl (C=O) groups is 1. The second-order valence-corrected chi connectivity index (χ2v) is 7.14. The van der Waals surface area contributed by atoms with Crippen molar-refractivity contribution in [2.75, 3.05) is 0 Å². The second kappa shape index (κ2) is 7.42. The molecule has 0 saturated heterocycles. The third-order valence-corrected chi connectivity index (χ3v) is 5.31. The van der Waals surface area contributed by atoms with Gasteiger partial charge in [0.15, 0.2) is 0 Å². The predicted molar refractivity (Wildman–Crippen MR) is 106 cm³/mol. The van der Waals surface area contributed by atoms with Crippen molar-refractivity contribution in [1.29, 1.82) is 0 Å². The van der Waals surface area contributed by atoms with E-state index in [0.29, 0.717) is 6.54 Å². The van der Waals surface area contributed by atoms with Crippen molar-refractivity contribution in [2.45, 2.75) is 32.9 Å². The Morgan fingerprint density at radius 3 is 2.86 bits per heavy atom. The Morgan fingerprint density at radius 2 is 2.07 bits per heavy atom. The van der Waals surface area contributed by atoms with Gasteiger partial charge in [-0.1, -0.05) is 12.1 Å². The number of benzene rings is 1. The molecule has 2 N–H and O–H groups in total. The molecule has 1 aliphatic rings. The SMILES string of the molecule is CC1=NN(C(=O)NCc2ccc(F)cc2)C(C)C1Cc1c[nH]c2ncccc12. The monoisotopic (exact) mass is 379 g/mol. The Labute approximate surface area is 162 Å². The fraction of sp³-hybridized carbons (Fsp3) is 0.286. The molecule has 1 aliphatic heterocycles. The molecule has 0 aliphatic carbocycles. The number of aromatic amines is 1. The molecule has 0 bridgehead atoms. The number of hydrogen-bond acceptors (Lipinski definition) is 3. The highest BCUT2D eigenvalue weighted by atomic mass is 19.1. The van der Waals surface area contributed by atoms with Crippen LogP contribution in [0.25, 0.3) is 11.0 Å². The van der Waals surface area contributed by atoms with Gasteiger partial charge in [0.25, 0.3) is 0 Å². The lowest BCUT2D eigenvalue weighted by molar-refractivity contribution is 0.181. The fourth-order valence-electron chi connectivity index (χ4n) is 3.68. The third kappa shape index (κ3) is 3.47. The number of nitrogens with zero attached hydrogens (tertiary/aromatic N) is 3. The van der Waals surface area contributed by atoms with Gasteiger partial charge in [-0.2, -0.15) is 5.10 Å². The third-order valence-electron chi connectivity index (χ3n) is 5.31. The van der Waals surface area contributed by atoms with Crippen LogP contribution in [0.5, 0.6) is 0 Å². The van der Waals surface area contributed by atoms with Crippen molar-refractivity contribution >= 4 is 22.8 Å². The van der Waals surface area contributed by atoms with E-state index >= 15 is 0 Å². The smallest absolute Gasteiger partial charge is 0.338 e. The van der Waals surface area contributed by atoms with Gasteiger partial charge in [-0.25, -0.2) is 19.2 Å². The number of amides is 2. The maximum absolute atomic E-state index is 13.0. The average molecular weight is 379 g/mol. The molecule has 2 amide bonds. The summed E-state index contributed by atoms with van der Waals surface area (Å²) in [5.74, 6) is -0.158. The molecule has 0 saturated carbocycles. The van der Waals surface area contributed by atoms with Crippen molar-refractivity contribution in [2.24, 2.45) is 11.0 Å². The molecule has 0 fully saturated rings. The lowest BCUT2D eigenvalue weighted by atomic mass is 9.90. The van der Waals surface area contributed by atoms with Crippen LogP contribution in [0.2, 0.25) is 0 Å². The Balaban J connectivity index is 1.43. The molecule has 144 valence electrons. The van der Waals surface area contributed by atoms with Gasteiger partial charge < -0.3 is 10.3 Å². The zero-order chi connectivity index (χ0) is 19.7. The van der Waals surface area contributed by atoms with E-state index in [4.69, 9.17) is 0 Å². The predicted octanol–water partition coefficient (Wildman–Crippen LogP) is 3.85. The van der Waals surface area contributed by atoms with Crippen molar-refractivity contribution in [3.8, 4) is 0 Å². The molecular formula is C21H22FN5O. The number of urea groups is 1. The maximum atomic E-state index is 13.0. The van der Waals surface area contributed by atoms with Crippen LogP contribution in [0, 0.1) is 11.7 Å². The lowest BCUT2D eigenvalue weighted by Gasteiger charge is -2.23. The largest absolute Gasteiger partial charge is 0.346 e. The molecule has 0 radical (unpaired) electrons. The van der Waals surface area contributed by atoms with Crippen molar-refractivity contribution in [3.05, 3.63) is 65.7 Å². The summed E-state index contributed by atoms with van der Waals surface area (Å²) in [6.45, 7) is 4.30. The first-order valence-corrected chi connectivity index (χ1v) is 9.30. The molecular weight excluding hydrogens is 357 g/mol. The van der Waals surface area contributed by atoms with Crippen LogP contribution < -0.4 is 5.32 Å². The summed E-state index contributed by atoms with van der Waals surface area (Å²) in [4.78, 5) is 20.1. The van der Waals surface area contributed by atoms with Gasteiger partial charge in [0.2, 0.25) is 0 Å². The summed E-state index contributed by atoms with van der Waals surface area (Å²) in [6.07, 6.45) is 4.53. The number of aromatic nitrogens is 2. The molecule has 0 spiro atoms. The first-order chi connectivity index (χ1) is 13.5. The number of hydrazone groups is 1. The number of halogens is 1. The van der Waals surface area contributed by atoms with Crippen LogP contribution in [0.3, 0.4) is 0 Å². The zero-order valence-corrected chi connectivity index (χ0v) is 15.8. The molecule has 3 aromatic rings. The van der Waals surface area contributed by atoms with Crippen LogP contribution in [0.4, 0.5) is 9.18 Å². The first kappa shape index (κ1) is 18.2. The quantitative estimate of drug-likeness (QED) is 0.723. The van der Waals surface area contributed by atoms with Gasteiger partial charge >= 0.3 is 6.03 Å². The zero-order valence-electron chi connectivity index (χ0n) is 15.8. The Morgan fingerprint density at radius 1 is 1.29 bits per heavy atom. The van der Waals surface area contributed by atoms with E-state index in [1.165, 1.54) is 22.7 Å². The Hall–Kier alpha value is -3.22. The second-order valence-electron chi connectivity index (χ2n) is 7.14. The molecule has 28 heavy (non-hydrogen) atoms. The van der Waals surface area contributed by atoms with Gasteiger partial charge in [-0.15, -0.1) is 0 Å². The number of hydrogen-bond donors (Lipinski definition) is 2. The maximum Gasteiger partial charge on any atom is 0.338 e. The van der Waals surface area contributed by atoms with Gasteiger partial charge in [0.05, 0.1) is 6.04 Å². The van der Waals surface area contributed by atoms with Crippen LogP contribution >= 0.6 is 0 Å². The highest BCUT2D eigenvalue weighted by molar-refractivity contribution is 5.90. The van der Waals surface area contributed by atoms with Gasteiger partial charge in [-0.3, -0.25) is 0 Å². The van der Waals surface area contributed by atoms with E-state index in [-0.39, 0.29) is 23.8 Å². The standard InChI is InChI=1S/C21H22FN5O/c1-13-19(10-16-12-24-20-18(16)4-3-9-23-20)14(2)27(26-13)21(28)25-11-15-5-7-17(22)8-6-15/h3-9,12,14,19H,10-11H2,1-2H3,(H,23,24)(H,25,28). The van der Waals surface area contributed by atoms with E-state index in [2.05, 4.69) is 20.4 Å². The van der Waals surface area contributed by atoms with E-state index in [1.807, 2.05) is 32.2 Å². The molecule has 2 atom stereocenters. The highest BCUT2D eigenvalue weighted by Gasteiger charge is 2.35. The van der Waals surface area contributed by atoms with Gasteiger partial charge in [-0.05, 0) is 55.7 Å². The Bertz CT molecular complexity index is 1030. The molecule has 7 heteroatoms. The van der Waals surface area contributed by atoms with Crippen molar-refractivity contribution in [3.63, 3.8) is 0 Å². The van der Waals surface area contributed by atoms with Crippen LogP contribution in [0.1, 0.15) is 25.0 Å². The molecule has 6 nitrogen and oxygen atoms in total. The topological polar surface area (TPSA) is 73.4 Å². The van der Waals surface area contributed by atoms with Gasteiger partial charge in [0, 0.05) is 36.0 Å². The number of carbonyl (C=O) groups excluding carboxylic acids is 1. The summed E-state index contributed by atoms with van der Waals surface area (Å²) < 4.78 is 13.0. The van der Waals surface area contributed by atoms with Gasteiger partial charge in [0.1, 0.15) is 11.5 Å². The molecule has 2 unspecified atom stereocenters.